The van der Waals surface area contributed by atoms with Crippen molar-refractivity contribution in [3.05, 3.63) is 0 Å². The fourth-order valence-electron chi connectivity index (χ4n) is 0.139. The van der Waals surface area contributed by atoms with Crippen molar-refractivity contribution in [1.82, 2.24) is 0 Å². The van der Waals surface area contributed by atoms with Crippen LogP contribution in [0.15, 0.2) is 0 Å². The van der Waals surface area contributed by atoms with Crippen LogP contribution in [0.4, 0.5) is 0 Å². The topological polar surface area (TPSA) is 502 Å². The van der Waals surface area contributed by atoms with E-state index in [0.717, 1.165) is 0 Å². The molecule has 0 radical (unpaired) electrons. The van der Waals surface area contributed by atoms with E-state index in [0.29, 0.717) is 0 Å². The fraction of sp³-hybridized carbons (Fsp3) is 0. The van der Waals surface area contributed by atoms with Gasteiger partial charge in [0.25, 0.3) is 0 Å². The van der Waals surface area contributed by atoms with Gasteiger partial charge in [-0.05, 0) is 0 Å². The summed E-state index contributed by atoms with van der Waals surface area (Å²) in [7, 11) is -10.1. The molecule has 22 heavy (non-hydrogen) atoms. The summed E-state index contributed by atoms with van der Waals surface area (Å²) < 4.78 is 22.2. The quantitative estimate of drug-likeness (QED) is 0.247. The predicted octanol–water partition coefficient (Wildman–Crippen LogP) is -13.6. The van der Waals surface area contributed by atoms with Gasteiger partial charge in [-0.1, -0.05) is 0 Å². The van der Waals surface area contributed by atoms with E-state index in [9.17, 15) is 9.13 Å². The summed E-state index contributed by atoms with van der Waals surface area (Å²) >= 11 is 0. The minimum absolute atomic E-state index is 0. The molecular weight excluding hydrogens is 389 g/mol. The molecule has 0 aromatic carbocycles. The molecule has 0 fully saturated rings. The molecule has 0 rings (SSSR count). The van der Waals surface area contributed by atoms with Crippen LogP contribution in [0.5, 0.6) is 0 Å². The first kappa shape index (κ1) is 140. The zero-order valence-electron chi connectivity index (χ0n) is 11.9. The second kappa shape index (κ2) is 49.5. The maximum Gasteiger partial charge on any atom is 1.00 e. The molecule has 0 aliphatic heterocycles. The molecule has 22 heteroatoms. The first-order valence-corrected chi connectivity index (χ1v) is 4.59. The van der Waals surface area contributed by atoms with Crippen molar-refractivity contribution >= 4 is 15.6 Å². The van der Waals surface area contributed by atoms with Gasteiger partial charge in [-0.15, -0.1) is 0 Å². The summed E-state index contributed by atoms with van der Waals surface area (Å²) in [6.07, 6.45) is 0. The Morgan fingerprint density at radius 3 is 0.591 bits per heavy atom. The van der Waals surface area contributed by atoms with Crippen molar-refractivity contribution in [3.63, 3.8) is 0 Å². The fourth-order valence-corrected chi connectivity index (χ4v) is 1.25. The molecular formula is H29NaO19P2. The summed E-state index contributed by atoms with van der Waals surface area (Å²) in [5.41, 5.74) is 0. The largest absolute Gasteiger partial charge is 1.00 e. The normalized spacial score (nSPS) is 5.64. The van der Waals surface area contributed by atoms with Gasteiger partial charge >= 0.3 is 45.2 Å². The van der Waals surface area contributed by atoms with Gasteiger partial charge in [0.05, 0.1) is 0 Å². The van der Waals surface area contributed by atoms with Crippen LogP contribution in [0.3, 0.4) is 0 Å². The molecule has 154 valence electrons. The standard InChI is InChI=1S/Na.H4O7P2.12H2O.H/c;1-8(2,3)7-9(4,5)6;;;;;;;;;;;;;/h;(H2,1,2,3)(H2,4,5,6);12*1H2;/q+1;;;;;;;;;;;;;;-1. The monoisotopic (exact) mass is 418 g/mol. The van der Waals surface area contributed by atoms with Crippen molar-refractivity contribution < 1.29 is 130 Å². The third-order valence-electron chi connectivity index (χ3n) is 0.213. The Hall–Kier alpha value is 0.780. The molecule has 0 aromatic heterocycles. The van der Waals surface area contributed by atoms with Crippen molar-refractivity contribution in [2.45, 2.75) is 0 Å². The van der Waals surface area contributed by atoms with Crippen molar-refractivity contribution in [2.75, 3.05) is 0 Å². The van der Waals surface area contributed by atoms with E-state index < -0.39 is 15.6 Å². The minimum Gasteiger partial charge on any atom is -1.00 e. The summed E-state index contributed by atoms with van der Waals surface area (Å²) in [5.74, 6) is 0. The second-order valence-corrected chi connectivity index (χ2v) is 3.68. The molecule has 0 spiro atoms. The van der Waals surface area contributed by atoms with E-state index in [1.165, 1.54) is 0 Å². The molecule has 28 N–H and O–H groups in total. The van der Waals surface area contributed by atoms with Crippen molar-refractivity contribution in [3.8, 4) is 0 Å². The van der Waals surface area contributed by atoms with Crippen molar-refractivity contribution in [2.24, 2.45) is 0 Å². The van der Waals surface area contributed by atoms with Gasteiger partial charge in [0.2, 0.25) is 0 Å². The summed E-state index contributed by atoms with van der Waals surface area (Å²) in [6, 6.07) is 0. The summed E-state index contributed by atoms with van der Waals surface area (Å²) in [4.78, 5) is 31.0. The van der Waals surface area contributed by atoms with Gasteiger partial charge in [-0.3, -0.25) is 0 Å². The smallest absolute Gasteiger partial charge is 1.00 e. The second-order valence-electron chi connectivity index (χ2n) is 1.06. The van der Waals surface area contributed by atoms with Gasteiger partial charge in [-0.2, -0.15) is 4.31 Å². The van der Waals surface area contributed by atoms with Crippen LogP contribution < -0.4 is 29.6 Å². The average molecular weight is 418 g/mol. The molecule has 0 bridgehead atoms. The van der Waals surface area contributed by atoms with Gasteiger partial charge in [-0.25, -0.2) is 9.13 Å². The third-order valence-corrected chi connectivity index (χ3v) is 1.91. The molecule has 19 nitrogen and oxygen atoms in total. The van der Waals surface area contributed by atoms with Crippen LogP contribution in [0, 0.1) is 0 Å². The number of phosphoric acid groups is 2. The molecule has 0 amide bonds. The number of hydrogen-bond donors (Lipinski definition) is 4. The maximum atomic E-state index is 9.63. The van der Waals surface area contributed by atoms with E-state index in [1.54, 1.807) is 0 Å². The minimum atomic E-state index is -5.05. The number of rotatable bonds is 2. The zero-order chi connectivity index (χ0) is 7.71. The van der Waals surface area contributed by atoms with E-state index >= 15 is 0 Å². The van der Waals surface area contributed by atoms with E-state index in [-0.39, 0.29) is 96.7 Å². The first-order chi connectivity index (χ1) is 3.71. The average Bonchev–Trinajstić information content (AvgIpc) is 1.14. The molecule has 0 aromatic rings. The molecule has 0 aliphatic rings. The first-order valence-electron chi connectivity index (χ1n) is 1.53. The molecule has 0 aliphatic carbocycles. The summed E-state index contributed by atoms with van der Waals surface area (Å²) in [5, 5.41) is 0. The predicted molar refractivity (Wildman–Crippen MR) is 69.7 cm³/mol. The van der Waals surface area contributed by atoms with Gasteiger partial charge in [0, 0.05) is 0 Å². The summed E-state index contributed by atoms with van der Waals surface area (Å²) in [6.45, 7) is 0. The van der Waals surface area contributed by atoms with Gasteiger partial charge in [0.15, 0.2) is 0 Å². The molecule has 0 unspecified atom stereocenters. The van der Waals surface area contributed by atoms with Crippen LogP contribution in [0.25, 0.3) is 0 Å². The molecule has 0 heterocycles. The van der Waals surface area contributed by atoms with Crippen LogP contribution in [0.1, 0.15) is 1.43 Å². The Morgan fingerprint density at radius 1 is 0.500 bits per heavy atom. The van der Waals surface area contributed by atoms with Crippen molar-refractivity contribution in [1.29, 1.82) is 0 Å². The SMILES string of the molecule is O.O.O.O.O.O.O.O.O.O.O.O.O=P(O)(O)OP(=O)(O)O.[H-].[Na+]. The zero-order valence-corrected chi connectivity index (χ0v) is 14.7. The van der Waals surface area contributed by atoms with E-state index in [1.807, 2.05) is 0 Å². The van der Waals surface area contributed by atoms with Gasteiger partial charge < -0.3 is 86.7 Å². The maximum absolute atomic E-state index is 9.63. The van der Waals surface area contributed by atoms with E-state index in [4.69, 9.17) is 19.6 Å². The Labute approximate surface area is 145 Å². The van der Waals surface area contributed by atoms with Crippen LogP contribution in [-0.2, 0) is 13.4 Å². The van der Waals surface area contributed by atoms with Gasteiger partial charge in [0.1, 0.15) is 0 Å². The Balaban J connectivity index is -0.00000000352. The molecule has 0 saturated carbocycles. The van der Waals surface area contributed by atoms with Crippen LogP contribution in [-0.4, -0.2) is 85.3 Å². The Kier molecular flexibility index (Phi) is 316. The van der Waals surface area contributed by atoms with E-state index in [2.05, 4.69) is 4.31 Å². The Bertz CT molecular complexity index is 162. The number of hydrogen-bond acceptors (Lipinski definition) is 3. The third kappa shape index (κ3) is 177. The Morgan fingerprint density at radius 2 is 0.591 bits per heavy atom. The molecule has 0 atom stereocenters. The molecule has 0 saturated heterocycles. The van der Waals surface area contributed by atoms with Crippen LogP contribution in [0.2, 0.25) is 0 Å². The van der Waals surface area contributed by atoms with Crippen LogP contribution >= 0.6 is 15.6 Å².